The monoisotopic (exact) mass is 474 g/mol. The Balaban J connectivity index is 1.40. The van der Waals surface area contributed by atoms with E-state index in [2.05, 4.69) is 15.5 Å². The van der Waals surface area contributed by atoms with Crippen molar-refractivity contribution in [1.82, 2.24) is 15.0 Å². The Morgan fingerprint density at radius 1 is 1.26 bits per heavy atom. The van der Waals surface area contributed by atoms with Crippen molar-refractivity contribution in [2.45, 2.75) is 45.6 Å². The van der Waals surface area contributed by atoms with E-state index in [-0.39, 0.29) is 11.5 Å². The first-order chi connectivity index (χ1) is 16.6. The summed E-state index contributed by atoms with van der Waals surface area (Å²) in [6.07, 6.45) is 7.19. The molecule has 0 spiro atoms. The summed E-state index contributed by atoms with van der Waals surface area (Å²) in [5, 5.41) is 6.90. The van der Waals surface area contributed by atoms with E-state index in [0.717, 1.165) is 52.4 Å². The molecule has 1 atom stereocenters. The van der Waals surface area contributed by atoms with E-state index in [1.54, 1.807) is 24.5 Å². The molecule has 2 heterocycles. The summed E-state index contributed by atoms with van der Waals surface area (Å²) in [5.41, 5.74) is 4.33. The van der Waals surface area contributed by atoms with E-state index in [0.29, 0.717) is 17.7 Å². The number of aromatic nitrogens is 2. The molecule has 0 unspecified atom stereocenters. The van der Waals surface area contributed by atoms with Crippen molar-refractivity contribution in [3.63, 3.8) is 0 Å². The highest BCUT2D eigenvalue weighted by molar-refractivity contribution is 7.18. The van der Waals surface area contributed by atoms with Crippen LogP contribution in [0.2, 0.25) is 0 Å². The van der Waals surface area contributed by atoms with Gasteiger partial charge in [0.05, 0.1) is 24.5 Å². The summed E-state index contributed by atoms with van der Waals surface area (Å²) in [6, 6.07) is 11.1. The number of carbonyl (C=O) groups is 1. The van der Waals surface area contributed by atoms with E-state index < -0.39 is 6.04 Å². The van der Waals surface area contributed by atoms with Crippen LogP contribution < -0.4 is 15.7 Å². The maximum Gasteiger partial charge on any atom is 0.263 e. The van der Waals surface area contributed by atoms with Gasteiger partial charge >= 0.3 is 0 Å². The third-order valence-corrected chi connectivity index (χ3v) is 7.50. The van der Waals surface area contributed by atoms with Gasteiger partial charge in [0.1, 0.15) is 16.6 Å². The minimum Gasteiger partial charge on any atom is -0.493 e. The number of rotatable bonds is 6. The van der Waals surface area contributed by atoms with Crippen LogP contribution in [0.3, 0.4) is 0 Å². The molecule has 0 fully saturated rings. The van der Waals surface area contributed by atoms with Crippen LogP contribution in [0.5, 0.6) is 5.75 Å². The van der Waals surface area contributed by atoms with Gasteiger partial charge in [-0.15, -0.1) is 11.3 Å². The van der Waals surface area contributed by atoms with Crippen LogP contribution in [-0.4, -0.2) is 28.3 Å². The van der Waals surface area contributed by atoms with Crippen molar-refractivity contribution in [2.75, 3.05) is 6.61 Å². The maximum absolute atomic E-state index is 13.3. The summed E-state index contributed by atoms with van der Waals surface area (Å²) in [5.74, 6) is 0.308. The van der Waals surface area contributed by atoms with Gasteiger partial charge < -0.3 is 4.74 Å². The fourth-order valence-electron chi connectivity index (χ4n) is 4.51. The Morgan fingerprint density at radius 2 is 2.09 bits per heavy atom. The van der Waals surface area contributed by atoms with E-state index in [1.807, 2.05) is 43.3 Å². The largest absolute Gasteiger partial charge is 0.493 e. The Morgan fingerprint density at radius 3 is 2.94 bits per heavy atom. The summed E-state index contributed by atoms with van der Waals surface area (Å²) in [6.45, 7) is 4.13. The molecule has 0 aliphatic heterocycles. The zero-order chi connectivity index (χ0) is 23.7. The first kappa shape index (κ1) is 22.3. The van der Waals surface area contributed by atoms with Crippen LogP contribution in [-0.2, 0) is 17.6 Å². The molecule has 0 saturated carbocycles. The lowest BCUT2D eigenvalue weighted by atomic mass is 9.97. The number of thiophene rings is 1. The lowest BCUT2D eigenvalue weighted by Crippen LogP contribution is -2.34. The van der Waals surface area contributed by atoms with Crippen molar-refractivity contribution in [3.05, 3.63) is 69.1 Å². The second-order valence-corrected chi connectivity index (χ2v) is 9.47. The number of ether oxygens (including phenoxy) is 1. The maximum atomic E-state index is 13.3. The van der Waals surface area contributed by atoms with Gasteiger partial charge in [0, 0.05) is 10.4 Å². The second-order valence-electron chi connectivity index (χ2n) is 8.39. The molecular weight excluding hydrogens is 448 g/mol. The lowest BCUT2D eigenvalue weighted by Gasteiger charge is -2.14. The molecule has 4 aromatic rings. The predicted octanol–water partition coefficient (Wildman–Crippen LogP) is 4.60. The Labute approximate surface area is 201 Å². The smallest absolute Gasteiger partial charge is 0.263 e. The van der Waals surface area contributed by atoms with Gasteiger partial charge in [-0.2, -0.15) is 5.10 Å². The molecular formula is C26H26N4O3S. The molecule has 2 aromatic heterocycles. The predicted molar refractivity (Wildman–Crippen MR) is 136 cm³/mol. The summed E-state index contributed by atoms with van der Waals surface area (Å²) in [4.78, 5) is 32.7. The van der Waals surface area contributed by atoms with Crippen LogP contribution in [0.1, 0.15) is 48.7 Å². The molecule has 8 heteroatoms. The van der Waals surface area contributed by atoms with E-state index in [1.165, 1.54) is 15.8 Å². The van der Waals surface area contributed by atoms with Crippen LogP contribution in [0, 0.1) is 0 Å². The average molecular weight is 475 g/mol. The van der Waals surface area contributed by atoms with Gasteiger partial charge in [0.2, 0.25) is 0 Å². The Hall–Kier alpha value is -3.52. The highest BCUT2D eigenvalue weighted by Crippen LogP contribution is 2.33. The first-order valence-corrected chi connectivity index (χ1v) is 12.4. The number of hydrogen-bond acceptors (Lipinski definition) is 6. The number of nitrogens with zero attached hydrogens (tertiary/aromatic N) is 3. The number of hydrazone groups is 1. The number of aryl methyl sites for hydroxylation is 2. The normalized spacial score (nSPS) is 14.4. The second kappa shape index (κ2) is 9.38. The van der Waals surface area contributed by atoms with Crippen LogP contribution in [0.4, 0.5) is 0 Å². The Bertz CT molecular complexity index is 1470. The molecule has 0 bridgehead atoms. The van der Waals surface area contributed by atoms with E-state index in [4.69, 9.17) is 4.74 Å². The molecule has 2 aromatic carbocycles. The number of hydrogen-bond donors (Lipinski definition) is 1. The van der Waals surface area contributed by atoms with Crippen molar-refractivity contribution in [2.24, 2.45) is 5.10 Å². The van der Waals surface area contributed by atoms with Crippen molar-refractivity contribution in [3.8, 4) is 5.75 Å². The van der Waals surface area contributed by atoms with Gasteiger partial charge in [-0.1, -0.05) is 30.3 Å². The topological polar surface area (TPSA) is 85.6 Å². The molecule has 1 N–H and O–H groups in total. The van der Waals surface area contributed by atoms with Crippen LogP contribution in [0.25, 0.3) is 21.0 Å². The van der Waals surface area contributed by atoms with E-state index in [9.17, 15) is 9.59 Å². The zero-order valence-corrected chi connectivity index (χ0v) is 20.0. The van der Waals surface area contributed by atoms with Gasteiger partial charge in [0.25, 0.3) is 11.5 Å². The Kier molecular flexibility index (Phi) is 6.15. The highest BCUT2D eigenvalue weighted by atomic mass is 32.1. The summed E-state index contributed by atoms with van der Waals surface area (Å²) in [7, 11) is 0. The molecule has 1 aliphatic carbocycles. The number of amides is 1. The number of fused-ring (bicyclic) bond motifs is 4. The van der Waals surface area contributed by atoms with E-state index >= 15 is 0 Å². The number of benzene rings is 2. The summed E-state index contributed by atoms with van der Waals surface area (Å²) >= 11 is 1.60. The molecule has 34 heavy (non-hydrogen) atoms. The van der Waals surface area contributed by atoms with Gasteiger partial charge in [-0.05, 0) is 61.9 Å². The van der Waals surface area contributed by atoms with Crippen molar-refractivity contribution < 1.29 is 9.53 Å². The standard InChI is InChI=1S/C26H26N4O3S/c1-3-33-21-13-12-17-8-4-5-9-18(17)20(21)14-28-29-24(31)16(2)30-15-27-25-23(26(30)32)19-10-6-7-11-22(19)34-25/h4-5,8-9,12-16H,3,6-7,10-11H2,1-2H3,(H,29,31)/b28-14-/t16-/m0/s1. The third-order valence-electron chi connectivity index (χ3n) is 6.30. The molecule has 1 aliphatic rings. The molecule has 0 radical (unpaired) electrons. The third kappa shape index (κ3) is 3.98. The number of nitrogens with one attached hydrogen (secondary N) is 1. The first-order valence-electron chi connectivity index (χ1n) is 11.6. The lowest BCUT2D eigenvalue weighted by molar-refractivity contribution is -0.123. The molecule has 5 rings (SSSR count). The minimum absolute atomic E-state index is 0.163. The van der Waals surface area contributed by atoms with Gasteiger partial charge in [-0.3, -0.25) is 14.2 Å². The van der Waals surface area contributed by atoms with Gasteiger partial charge in [-0.25, -0.2) is 10.4 Å². The van der Waals surface area contributed by atoms with Crippen LogP contribution in [0.15, 0.2) is 52.6 Å². The average Bonchev–Trinajstić information content (AvgIpc) is 3.24. The van der Waals surface area contributed by atoms with Crippen molar-refractivity contribution in [1.29, 1.82) is 0 Å². The summed E-state index contributed by atoms with van der Waals surface area (Å²) < 4.78 is 7.16. The minimum atomic E-state index is -0.750. The molecule has 174 valence electrons. The number of carbonyl (C=O) groups excluding carboxylic acids is 1. The molecule has 7 nitrogen and oxygen atoms in total. The SMILES string of the molecule is CCOc1ccc2ccccc2c1/C=N\NC(=O)[C@H](C)n1cnc2sc3c(c2c1=O)CCCC3. The van der Waals surface area contributed by atoms with Crippen molar-refractivity contribution >= 4 is 44.4 Å². The van der Waals surface area contributed by atoms with Gasteiger partial charge in [0.15, 0.2) is 0 Å². The highest BCUT2D eigenvalue weighted by Gasteiger charge is 2.23. The fraction of sp³-hybridized carbons (Fsp3) is 0.308. The quantitative estimate of drug-likeness (QED) is 0.327. The van der Waals surface area contributed by atoms with Crippen LogP contribution >= 0.6 is 11.3 Å². The fourth-order valence-corrected chi connectivity index (χ4v) is 5.72. The molecule has 1 amide bonds. The molecule has 0 saturated heterocycles. The zero-order valence-electron chi connectivity index (χ0n) is 19.2.